The van der Waals surface area contributed by atoms with Gasteiger partial charge in [-0.3, -0.25) is 4.79 Å². The highest BCUT2D eigenvalue weighted by Crippen LogP contribution is 2.22. The number of morpholine rings is 1. The Morgan fingerprint density at radius 3 is 2.43 bits per heavy atom. The summed E-state index contributed by atoms with van der Waals surface area (Å²) in [6.45, 7) is 2.88. The first-order valence-electron chi connectivity index (χ1n) is 9.92. The van der Waals surface area contributed by atoms with Gasteiger partial charge in [0, 0.05) is 30.8 Å². The second-order valence-corrected chi connectivity index (χ2v) is 7.10. The summed E-state index contributed by atoms with van der Waals surface area (Å²) in [6, 6.07) is 21.3. The minimum absolute atomic E-state index is 0.195. The average molecular weight is 399 g/mol. The van der Waals surface area contributed by atoms with Gasteiger partial charge < -0.3 is 15.0 Å². The van der Waals surface area contributed by atoms with Crippen LogP contribution in [-0.2, 0) is 4.74 Å². The number of aromatic nitrogens is 3. The van der Waals surface area contributed by atoms with E-state index in [0.717, 1.165) is 30.0 Å². The average Bonchev–Trinajstić information content (AvgIpc) is 3.28. The maximum atomic E-state index is 12.8. The van der Waals surface area contributed by atoms with E-state index in [9.17, 15) is 4.79 Å². The predicted molar refractivity (Wildman–Crippen MR) is 116 cm³/mol. The molecule has 0 bridgehead atoms. The van der Waals surface area contributed by atoms with Crippen LogP contribution in [0.4, 0.5) is 11.6 Å². The number of nitrogens with zero attached hydrogens (tertiary/aromatic N) is 4. The number of rotatable bonds is 4. The van der Waals surface area contributed by atoms with Gasteiger partial charge in [0.25, 0.3) is 5.91 Å². The van der Waals surface area contributed by atoms with Crippen LogP contribution in [0.1, 0.15) is 10.4 Å². The molecule has 0 aliphatic carbocycles. The lowest BCUT2D eigenvalue weighted by Crippen LogP contribution is -2.37. The quantitative estimate of drug-likeness (QED) is 0.569. The number of carbonyl (C=O) groups is 1. The maximum absolute atomic E-state index is 12.8. The summed E-state index contributed by atoms with van der Waals surface area (Å²) < 4.78 is 7.24. The minimum atomic E-state index is -0.195. The van der Waals surface area contributed by atoms with Crippen LogP contribution in [0.25, 0.3) is 16.8 Å². The highest BCUT2D eigenvalue weighted by atomic mass is 16.5. The predicted octanol–water partition coefficient (Wildman–Crippen LogP) is 3.49. The van der Waals surface area contributed by atoms with Crippen molar-refractivity contribution < 1.29 is 9.53 Å². The molecule has 7 heteroatoms. The van der Waals surface area contributed by atoms with E-state index in [2.05, 4.69) is 20.3 Å². The SMILES string of the molecule is O=C(Nc1cc(N2CCOCC2)n2nccc2n1)c1ccc(-c2ccccc2)cc1. The molecule has 1 saturated heterocycles. The number of benzene rings is 2. The highest BCUT2D eigenvalue weighted by molar-refractivity contribution is 6.04. The number of fused-ring (bicyclic) bond motifs is 1. The van der Waals surface area contributed by atoms with Gasteiger partial charge in [0.05, 0.1) is 19.4 Å². The lowest BCUT2D eigenvalue weighted by atomic mass is 10.0. The zero-order valence-corrected chi connectivity index (χ0v) is 16.4. The van der Waals surface area contributed by atoms with E-state index in [0.29, 0.717) is 30.2 Å². The van der Waals surface area contributed by atoms with Crippen LogP contribution in [-0.4, -0.2) is 46.8 Å². The first kappa shape index (κ1) is 18.3. The Morgan fingerprint density at radius 2 is 1.67 bits per heavy atom. The number of hydrogen-bond acceptors (Lipinski definition) is 5. The smallest absolute Gasteiger partial charge is 0.256 e. The molecule has 0 atom stereocenters. The number of hydrogen-bond donors (Lipinski definition) is 1. The molecule has 150 valence electrons. The van der Waals surface area contributed by atoms with Gasteiger partial charge in [-0.15, -0.1) is 0 Å². The van der Waals surface area contributed by atoms with E-state index in [1.165, 1.54) is 0 Å². The summed E-state index contributed by atoms with van der Waals surface area (Å²) in [6.07, 6.45) is 1.71. The van der Waals surface area contributed by atoms with Gasteiger partial charge in [-0.25, -0.2) is 4.98 Å². The molecular formula is C23H21N5O2. The molecule has 5 rings (SSSR count). The molecule has 4 aromatic rings. The normalized spacial score (nSPS) is 14.1. The maximum Gasteiger partial charge on any atom is 0.256 e. The number of carbonyl (C=O) groups excluding carboxylic acids is 1. The van der Waals surface area contributed by atoms with Crippen molar-refractivity contribution in [2.75, 3.05) is 36.5 Å². The van der Waals surface area contributed by atoms with Crippen LogP contribution >= 0.6 is 0 Å². The van der Waals surface area contributed by atoms with Gasteiger partial charge in [0.15, 0.2) is 5.65 Å². The third-order valence-electron chi connectivity index (χ3n) is 5.17. The first-order valence-corrected chi connectivity index (χ1v) is 9.92. The Morgan fingerprint density at radius 1 is 0.933 bits per heavy atom. The van der Waals surface area contributed by atoms with Crippen molar-refractivity contribution in [3.63, 3.8) is 0 Å². The molecule has 2 aromatic carbocycles. The van der Waals surface area contributed by atoms with E-state index in [4.69, 9.17) is 4.74 Å². The highest BCUT2D eigenvalue weighted by Gasteiger charge is 2.17. The lowest BCUT2D eigenvalue weighted by molar-refractivity contribution is 0.102. The Hall–Kier alpha value is -3.71. The van der Waals surface area contributed by atoms with Crippen LogP contribution in [0, 0.1) is 0 Å². The molecule has 1 N–H and O–H groups in total. The van der Waals surface area contributed by atoms with Gasteiger partial charge in [-0.2, -0.15) is 9.61 Å². The van der Waals surface area contributed by atoms with Crippen molar-refractivity contribution in [2.45, 2.75) is 0 Å². The van der Waals surface area contributed by atoms with Gasteiger partial charge in [-0.1, -0.05) is 42.5 Å². The molecule has 1 fully saturated rings. The molecule has 3 heterocycles. The molecule has 0 unspecified atom stereocenters. The van der Waals surface area contributed by atoms with Crippen molar-refractivity contribution >= 4 is 23.2 Å². The lowest BCUT2D eigenvalue weighted by Gasteiger charge is -2.29. The summed E-state index contributed by atoms with van der Waals surface area (Å²) in [5, 5.41) is 7.30. The summed E-state index contributed by atoms with van der Waals surface area (Å²) in [5.41, 5.74) is 3.46. The van der Waals surface area contributed by atoms with Crippen molar-refractivity contribution in [1.29, 1.82) is 0 Å². The first-order chi connectivity index (χ1) is 14.8. The fourth-order valence-corrected chi connectivity index (χ4v) is 3.61. The summed E-state index contributed by atoms with van der Waals surface area (Å²) in [5.74, 6) is 1.20. The van der Waals surface area contributed by atoms with Gasteiger partial charge in [0.1, 0.15) is 11.6 Å². The van der Waals surface area contributed by atoms with Crippen LogP contribution in [0.5, 0.6) is 0 Å². The van der Waals surface area contributed by atoms with E-state index in [1.54, 1.807) is 10.7 Å². The van der Waals surface area contributed by atoms with Crippen LogP contribution in [0.15, 0.2) is 72.9 Å². The fraction of sp³-hybridized carbons (Fsp3) is 0.174. The van der Waals surface area contributed by atoms with Crippen molar-refractivity contribution in [2.24, 2.45) is 0 Å². The molecule has 1 amide bonds. The van der Waals surface area contributed by atoms with Gasteiger partial charge >= 0.3 is 0 Å². The minimum Gasteiger partial charge on any atom is -0.378 e. The Kier molecular flexibility index (Phi) is 4.86. The Balaban J connectivity index is 1.39. The summed E-state index contributed by atoms with van der Waals surface area (Å²) in [7, 11) is 0. The van der Waals surface area contributed by atoms with E-state index in [-0.39, 0.29) is 5.91 Å². The molecule has 0 radical (unpaired) electrons. The second-order valence-electron chi connectivity index (χ2n) is 7.10. The molecule has 30 heavy (non-hydrogen) atoms. The van der Waals surface area contributed by atoms with Gasteiger partial charge in [0.2, 0.25) is 0 Å². The number of anilines is 2. The standard InChI is InChI=1S/C23H21N5O2/c29-23(19-8-6-18(7-9-19)17-4-2-1-3-5-17)26-20-16-22(27-12-14-30-15-13-27)28-21(25-20)10-11-24-28/h1-11,16H,12-15H2,(H,25,26,29). The topological polar surface area (TPSA) is 71.8 Å². The van der Waals surface area contributed by atoms with E-state index in [1.807, 2.05) is 66.7 Å². The van der Waals surface area contributed by atoms with Crippen LogP contribution < -0.4 is 10.2 Å². The molecule has 1 aliphatic heterocycles. The number of nitrogens with one attached hydrogen (secondary N) is 1. The van der Waals surface area contributed by atoms with Crippen molar-refractivity contribution in [3.8, 4) is 11.1 Å². The van der Waals surface area contributed by atoms with E-state index < -0.39 is 0 Å². The molecule has 2 aromatic heterocycles. The third kappa shape index (κ3) is 3.62. The number of ether oxygens (including phenoxy) is 1. The van der Waals surface area contributed by atoms with Crippen molar-refractivity contribution in [1.82, 2.24) is 14.6 Å². The Bertz CT molecular complexity index is 1170. The zero-order valence-electron chi connectivity index (χ0n) is 16.4. The molecule has 0 saturated carbocycles. The van der Waals surface area contributed by atoms with E-state index >= 15 is 0 Å². The van der Waals surface area contributed by atoms with Crippen molar-refractivity contribution in [3.05, 3.63) is 78.5 Å². The zero-order chi connectivity index (χ0) is 20.3. The fourth-order valence-electron chi connectivity index (χ4n) is 3.61. The summed E-state index contributed by atoms with van der Waals surface area (Å²) in [4.78, 5) is 19.5. The van der Waals surface area contributed by atoms with Crippen LogP contribution in [0.3, 0.4) is 0 Å². The monoisotopic (exact) mass is 399 g/mol. The third-order valence-corrected chi connectivity index (χ3v) is 5.17. The largest absolute Gasteiger partial charge is 0.378 e. The number of amides is 1. The van der Waals surface area contributed by atoms with Crippen LogP contribution in [0.2, 0.25) is 0 Å². The Labute approximate surface area is 173 Å². The molecule has 7 nitrogen and oxygen atoms in total. The molecule has 1 aliphatic rings. The second kappa shape index (κ2) is 7.96. The molecule has 0 spiro atoms. The van der Waals surface area contributed by atoms with Gasteiger partial charge in [-0.05, 0) is 23.3 Å². The molecular weight excluding hydrogens is 378 g/mol. The summed E-state index contributed by atoms with van der Waals surface area (Å²) >= 11 is 0.